The third-order valence-electron chi connectivity index (χ3n) is 1.99. The molecule has 0 spiro atoms. The number of amides is 1. The monoisotopic (exact) mass is 279 g/mol. The van der Waals surface area contributed by atoms with E-state index in [1.807, 2.05) is 0 Å². The summed E-state index contributed by atoms with van der Waals surface area (Å²) < 4.78 is 41.2. The van der Waals surface area contributed by atoms with Crippen molar-refractivity contribution in [3.8, 4) is 5.75 Å². The van der Waals surface area contributed by atoms with Gasteiger partial charge in [-0.2, -0.15) is 13.2 Å². The second-order valence-corrected chi connectivity index (χ2v) is 3.34. The van der Waals surface area contributed by atoms with Gasteiger partial charge in [0.25, 0.3) is 0 Å². The molecule has 0 aliphatic heterocycles. The molecule has 0 heterocycles. The van der Waals surface area contributed by atoms with Crippen molar-refractivity contribution >= 4 is 17.3 Å². The van der Waals surface area contributed by atoms with E-state index >= 15 is 0 Å². The topological polar surface area (TPSA) is 84.9 Å². The third kappa shape index (κ3) is 4.00. The van der Waals surface area contributed by atoms with Gasteiger partial charge in [0.05, 0.1) is 18.0 Å². The summed E-state index contributed by atoms with van der Waals surface area (Å²) in [6, 6.07) is 3.27. The number of carbonyl (C=O) groups is 1. The van der Waals surface area contributed by atoms with Crippen LogP contribution in [0.25, 0.3) is 0 Å². The first-order valence-electron chi connectivity index (χ1n) is 5.07. The summed E-state index contributed by atoms with van der Waals surface area (Å²) in [4.78, 5) is 10.7. The largest absolute Gasteiger partial charge is 0.733 e. The number of carbonyl (C=O) groups excluding carboxylic acids is 1. The quantitative estimate of drug-likeness (QED) is 0.826. The van der Waals surface area contributed by atoms with Crippen LogP contribution in [0.2, 0.25) is 0 Å². The normalized spacial score (nSPS) is 11.1. The van der Waals surface area contributed by atoms with Crippen LogP contribution in [0.15, 0.2) is 18.2 Å². The zero-order valence-corrected chi connectivity index (χ0v) is 9.69. The van der Waals surface area contributed by atoms with Crippen LogP contribution in [0, 0.1) is 5.21 Å². The fraction of sp³-hybridized carbons (Fsp3) is 0.300. The molecule has 1 rings (SSSR count). The molecule has 2 N–H and O–H groups in total. The minimum atomic E-state index is -5.10. The lowest BCUT2D eigenvalue weighted by Crippen LogP contribution is -2.30. The highest BCUT2D eigenvalue weighted by Crippen LogP contribution is 2.30. The summed E-state index contributed by atoms with van der Waals surface area (Å²) in [5.74, 6) is -2.09. The molecule has 0 radical (unpaired) electrons. The Labute approximate surface area is 105 Å². The number of anilines is 2. The van der Waals surface area contributed by atoms with Crippen molar-refractivity contribution in [2.45, 2.75) is 13.1 Å². The molecule has 0 fully saturated rings. The minimum absolute atomic E-state index is 0.164. The van der Waals surface area contributed by atoms with Crippen molar-refractivity contribution in [3.05, 3.63) is 23.4 Å². The van der Waals surface area contributed by atoms with Gasteiger partial charge in [0.2, 0.25) is 0 Å². The highest BCUT2D eigenvalue weighted by atomic mass is 19.4. The van der Waals surface area contributed by atoms with E-state index in [1.54, 1.807) is 6.92 Å². The fourth-order valence-corrected chi connectivity index (χ4v) is 1.23. The molecule has 1 aromatic rings. The van der Waals surface area contributed by atoms with Crippen molar-refractivity contribution in [3.63, 3.8) is 0 Å². The average molecular weight is 279 g/mol. The lowest BCUT2D eigenvalue weighted by Gasteiger charge is -2.25. The smallest absolute Gasteiger partial charge is 0.471 e. The van der Waals surface area contributed by atoms with E-state index in [2.05, 4.69) is 0 Å². The fourth-order valence-electron chi connectivity index (χ4n) is 1.23. The Morgan fingerprint density at radius 1 is 1.53 bits per heavy atom. The molecular formula is C10H10F3N2O4-. The second-order valence-electron chi connectivity index (χ2n) is 3.34. The molecule has 1 aromatic carbocycles. The molecule has 6 nitrogen and oxygen atoms in total. The van der Waals surface area contributed by atoms with Crippen LogP contribution in [0.5, 0.6) is 5.75 Å². The number of hydrogen-bond acceptors (Lipinski definition) is 5. The van der Waals surface area contributed by atoms with Crippen molar-refractivity contribution in [2.24, 2.45) is 0 Å². The standard InChI is InChI=1S/C10H10F3N2O4/c1-2-19-6-3-4-7(8(5-6)15(17)18)14-9(16)10(11,12)13/h3-5,17H,2H2,1H3,(H,14,16)/q-1. The van der Waals surface area contributed by atoms with Crippen molar-refractivity contribution in [1.29, 1.82) is 0 Å². The Morgan fingerprint density at radius 3 is 2.63 bits per heavy atom. The molecule has 0 aromatic heterocycles. The van der Waals surface area contributed by atoms with Gasteiger partial charge >= 0.3 is 12.1 Å². The van der Waals surface area contributed by atoms with Gasteiger partial charge in [0.1, 0.15) is 5.75 Å². The van der Waals surface area contributed by atoms with Gasteiger partial charge < -0.3 is 20.5 Å². The Kier molecular flexibility index (Phi) is 4.57. The van der Waals surface area contributed by atoms with Crippen LogP contribution in [-0.2, 0) is 4.79 Å². The van der Waals surface area contributed by atoms with Gasteiger partial charge in [0.15, 0.2) is 0 Å². The molecule has 0 aliphatic rings. The first-order chi connectivity index (χ1) is 8.75. The number of halogens is 3. The molecule has 0 saturated heterocycles. The Balaban J connectivity index is 3.04. The molecule has 1 amide bonds. The number of ether oxygens (including phenoxy) is 1. The lowest BCUT2D eigenvalue weighted by atomic mass is 10.2. The molecule has 19 heavy (non-hydrogen) atoms. The maximum Gasteiger partial charge on any atom is 0.471 e. The predicted molar refractivity (Wildman–Crippen MR) is 59.9 cm³/mol. The number of nitrogens with one attached hydrogen (secondary N) is 1. The van der Waals surface area contributed by atoms with Gasteiger partial charge in [-0.1, -0.05) is 0 Å². The lowest BCUT2D eigenvalue weighted by molar-refractivity contribution is -0.167. The average Bonchev–Trinajstić information content (AvgIpc) is 2.29. The predicted octanol–water partition coefficient (Wildman–Crippen LogP) is 2.28. The van der Waals surface area contributed by atoms with Crippen LogP contribution in [0.4, 0.5) is 24.5 Å². The first kappa shape index (κ1) is 15.1. The Hall–Kier alpha value is -2.00. The van der Waals surface area contributed by atoms with Gasteiger partial charge in [0, 0.05) is 6.07 Å². The molecule has 0 bridgehead atoms. The molecule has 0 aliphatic carbocycles. The maximum absolute atomic E-state index is 12.1. The summed E-state index contributed by atoms with van der Waals surface area (Å²) in [6.07, 6.45) is -5.10. The highest BCUT2D eigenvalue weighted by Gasteiger charge is 2.39. The van der Waals surface area contributed by atoms with E-state index in [4.69, 9.17) is 9.94 Å². The Morgan fingerprint density at radius 2 is 2.16 bits per heavy atom. The molecule has 0 unspecified atom stereocenters. The molecule has 106 valence electrons. The number of hydrogen-bond donors (Lipinski definition) is 2. The first-order valence-corrected chi connectivity index (χ1v) is 5.07. The van der Waals surface area contributed by atoms with Gasteiger partial charge in [-0.25, -0.2) is 0 Å². The van der Waals surface area contributed by atoms with E-state index in [-0.39, 0.29) is 12.4 Å². The van der Waals surface area contributed by atoms with Crippen LogP contribution in [-0.4, -0.2) is 23.9 Å². The van der Waals surface area contributed by atoms with Crippen LogP contribution in [0.1, 0.15) is 6.92 Å². The summed E-state index contributed by atoms with van der Waals surface area (Å²) >= 11 is 0. The molecule has 9 heteroatoms. The second kappa shape index (κ2) is 5.76. The van der Waals surface area contributed by atoms with Crippen molar-refractivity contribution in [2.75, 3.05) is 17.2 Å². The van der Waals surface area contributed by atoms with Gasteiger partial charge in [-0.3, -0.25) is 10.0 Å². The van der Waals surface area contributed by atoms with E-state index in [0.29, 0.717) is 0 Å². The summed E-state index contributed by atoms with van der Waals surface area (Å²) in [5.41, 5.74) is -1.05. The number of rotatable bonds is 4. The summed E-state index contributed by atoms with van der Waals surface area (Å²) in [7, 11) is 0. The zero-order chi connectivity index (χ0) is 14.6. The van der Waals surface area contributed by atoms with Crippen molar-refractivity contribution in [1.82, 2.24) is 0 Å². The van der Waals surface area contributed by atoms with Crippen LogP contribution >= 0.6 is 0 Å². The Bertz CT molecular complexity index is 463. The summed E-state index contributed by atoms with van der Waals surface area (Å²) in [6.45, 7) is 1.92. The molecule has 0 saturated carbocycles. The maximum atomic E-state index is 12.1. The molecular weight excluding hydrogens is 269 g/mol. The van der Waals surface area contributed by atoms with E-state index in [9.17, 15) is 23.2 Å². The number of alkyl halides is 3. The zero-order valence-electron chi connectivity index (χ0n) is 9.69. The highest BCUT2D eigenvalue weighted by molar-refractivity contribution is 5.97. The van der Waals surface area contributed by atoms with Crippen LogP contribution in [0.3, 0.4) is 0 Å². The van der Waals surface area contributed by atoms with E-state index in [0.717, 1.165) is 12.1 Å². The summed E-state index contributed by atoms with van der Waals surface area (Å²) in [5, 5.41) is 20.5. The SMILES string of the molecule is CCOc1ccc(NC(=O)C(F)(F)F)c(N([O-])O)c1. The third-order valence-corrected chi connectivity index (χ3v) is 1.99. The van der Waals surface area contributed by atoms with Gasteiger partial charge in [-0.05, 0) is 19.1 Å². The van der Waals surface area contributed by atoms with Gasteiger partial charge in [-0.15, -0.1) is 0 Å². The number of benzene rings is 1. The molecule has 0 atom stereocenters. The van der Waals surface area contributed by atoms with E-state index in [1.165, 1.54) is 11.4 Å². The van der Waals surface area contributed by atoms with Crippen molar-refractivity contribution < 1.29 is 27.9 Å². The van der Waals surface area contributed by atoms with E-state index < -0.39 is 28.7 Å². The minimum Gasteiger partial charge on any atom is -0.733 e. The van der Waals surface area contributed by atoms with Crippen LogP contribution < -0.4 is 15.3 Å². The number of nitrogens with zero attached hydrogens (tertiary/aromatic N) is 1.